The van der Waals surface area contributed by atoms with E-state index in [9.17, 15) is 4.79 Å². The van der Waals surface area contributed by atoms with E-state index in [0.717, 1.165) is 30.6 Å². The number of halogens is 1. The largest absolute Gasteiger partial charge is 0.494 e. The summed E-state index contributed by atoms with van der Waals surface area (Å²) in [5, 5.41) is 15.3. The van der Waals surface area contributed by atoms with Gasteiger partial charge in [0.2, 0.25) is 0 Å². The van der Waals surface area contributed by atoms with Gasteiger partial charge in [-0.15, -0.1) is 5.10 Å². The van der Waals surface area contributed by atoms with E-state index in [0.29, 0.717) is 27.8 Å². The fraction of sp³-hybridized carbons (Fsp3) is 0.400. The maximum Gasteiger partial charge on any atom is 0.278 e. The average molecular weight is 470 g/mol. The predicted molar refractivity (Wildman–Crippen MR) is 134 cm³/mol. The second kappa shape index (κ2) is 10.3. The zero-order valence-corrected chi connectivity index (χ0v) is 20.9. The molecule has 1 heterocycles. The van der Waals surface area contributed by atoms with E-state index in [1.807, 2.05) is 12.1 Å². The molecule has 7 nitrogen and oxygen atoms in total. The molecule has 0 saturated carbocycles. The Bertz CT molecular complexity index is 1130. The Morgan fingerprint density at radius 3 is 2.55 bits per heavy atom. The molecule has 3 aromatic rings. The van der Waals surface area contributed by atoms with Crippen molar-refractivity contribution >= 4 is 28.9 Å². The highest BCUT2D eigenvalue weighted by Crippen LogP contribution is 2.30. The van der Waals surface area contributed by atoms with E-state index in [1.165, 1.54) is 0 Å². The van der Waals surface area contributed by atoms with E-state index < -0.39 is 0 Å². The average Bonchev–Trinajstić information content (AvgIpc) is 3.14. The molecule has 8 heteroatoms. The lowest BCUT2D eigenvalue weighted by atomic mass is 9.86. The highest BCUT2D eigenvalue weighted by Gasteiger charge is 2.21. The van der Waals surface area contributed by atoms with Crippen molar-refractivity contribution in [1.82, 2.24) is 15.0 Å². The summed E-state index contributed by atoms with van der Waals surface area (Å²) in [6, 6.07) is 11.3. The summed E-state index contributed by atoms with van der Waals surface area (Å²) in [6.45, 7) is 11.3. The summed E-state index contributed by atoms with van der Waals surface area (Å²) in [4.78, 5) is 13.1. The molecule has 3 rings (SSSR count). The lowest BCUT2D eigenvalue weighted by Crippen LogP contribution is -2.17. The minimum absolute atomic E-state index is 0.0654. The van der Waals surface area contributed by atoms with Gasteiger partial charge in [-0.25, -0.2) is 4.68 Å². The first-order chi connectivity index (χ1) is 15.6. The van der Waals surface area contributed by atoms with Gasteiger partial charge < -0.3 is 15.4 Å². The number of carbonyl (C=O) groups excluding carboxylic acids is 1. The summed E-state index contributed by atoms with van der Waals surface area (Å²) in [7, 11) is 1.57. The van der Waals surface area contributed by atoms with Gasteiger partial charge in [0.05, 0.1) is 12.8 Å². The van der Waals surface area contributed by atoms with Gasteiger partial charge in [0.15, 0.2) is 5.69 Å². The molecular formula is C25H32ClN5O2. The quantitative estimate of drug-likeness (QED) is 0.395. The molecule has 1 aromatic heterocycles. The zero-order valence-electron chi connectivity index (χ0n) is 20.1. The third-order valence-electron chi connectivity index (χ3n) is 5.40. The Kier molecular flexibility index (Phi) is 7.64. The molecule has 33 heavy (non-hydrogen) atoms. The number of aromatic nitrogens is 3. The van der Waals surface area contributed by atoms with Crippen LogP contribution < -0.4 is 15.4 Å². The van der Waals surface area contributed by atoms with Crippen molar-refractivity contribution < 1.29 is 9.53 Å². The van der Waals surface area contributed by atoms with Crippen LogP contribution in [-0.4, -0.2) is 34.6 Å². The first-order valence-corrected chi connectivity index (χ1v) is 11.5. The van der Waals surface area contributed by atoms with Crippen LogP contribution in [0.15, 0.2) is 36.4 Å². The summed E-state index contributed by atoms with van der Waals surface area (Å²) in [5.41, 5.74) is 4.19. The first kappa shape index (κ1) is 24.6. The number of rotatable bonds is 8. The van der Waals surface area contributed by atoms with Crippen LogP contribution in [0.4, 0.5) is 11.4 Å². The van der Waals surface area contributed by atoms with Crippen LogP contribution in [0.2, 0.25) is 5.02 Å². The Morgan fingerprint density at radius 1 is 1.15 bits per heavy atom. The molecule has 0 unspecified atom stereocenters. The highest BCUT2D eigenvalue weighted by atomic mass is 35.5. The van der Waals surface area contributed by atoms with Gasteiger partial charge in [-0.1, -0.05) is 50.9 Å². The van der Waals surface area contributed by atoms with Crippen LogP contribution in [0.25, 0.3) is 5.69 Å². The maximum absolute atomic E-state index is 13.1. The number of carbonyl (C=O) groups is 1. The fourth-order valence-electron chi connectivity index (χ4n) is 3.43. The molecule has 1 amide bonds. The van der Waals surface area contributed by atoms with Crippen LogP contribution in [-0.2, 0) is 5.41 Å². The summed E-state index contributed by atoms with van der Waals surface area (Å²) in [5.74, 6) is 0.255. The number of nitrogens with zero attached hydrogens (tertiary/aromatic N) is 3. The van der Waals surface area contributed by atoms with Crippen LogP contribution >= 0.6 is 11.6 Å². The highest BCUT2D eigenvalue weighted by molar-refractivity contribution is 6.30. The Balaban J connectivity index is 1.90. The van der Waals surface area contributed by atoms with Crippen molar-refractivity contribution in [2.75, 3.05) is 24.3 Å². The van der Waals surface area contributed by atoms with Crippen LogP contribution in [0.3, 0.4) is 0 Å². The lowest BCUT2D eigenvalue weighted by Gasteiger charge is -2.22. The Morgan fingerprint density at radius 2 is 1.88 bits per heavy atom. The second-order valence-corrected chi connectivity index (χ2v) is 9.47. The SMILES string of the molecule is CCCCNc1cc(NC(=O)c2nnn(-c3cc(Cl)ccc3OC)c2C)cc(C(C)(C)C)c1. The van der Waals surface area contributed by atoms with Gasteiger partial charge in [-0.2, -0.15) is 0 Å². The molecule has 0 aliphatic carbocycles. The monoisotopic (exact) mass is 469 g/mol. The molecular weight excluding hydrogens is 438 g/mol. The number of hydrogen-bond acceptors (Lipinski definition) is 5. The smallest absolute Gasteiger partial charge is 0.278 e. The minimum Gasteiger partial charge on any atom is -0.494 e. The van der Waals surface area contributed by atoms with Crippen molar-refractivity contribution in [2.45, 2.75) is 52.9 Å². The van der Waals surface area contributed by atoms with Crippen molar-refractivity contribution in [1.29, 1.82) is 0 Å². The fourth-order valence-corrected chi connectivity index (χ4v) is 3.60. The first-order valence-electron chi connectivity index (χ1n) is 11.1. The van der Waals surface area contributed by atoms with E-state index >= 15 is 0 Å². The minimum atomic E-state index is -0.328. The summed E-state index contributed by atoms with van der Waals surface area (Å²) >= 11 is 6.16. The molecule has 0 aliphatic heterocycles. The maximum atomic E-state index is 13.1. The van der Waals surface area contributed by atoms with Crippen LogP contribution in [0.5, 0.6) is 5.75 Å². The number of amides is 1. The van der Waals surface area contributed by atoms with Crippen molar-refractivity contribution in [3.8, 4) is 11.4 Å². The van der Waals surface area contributed by atoms with E-state index in [2.05, 4.69) is 54.7 Å². The van der Waals surface area contributed by atoms with Crippen molar-refractivity contribution in [3.05, 3.63) is 58.4 Å². The molecule has 2 aromatic carbocycles. The molecule has 176 valence electrons. The van der Waals surface area contributed by atoms with Crippen LogP contribution in [0.1, 0.15) is 62.3 Å². The standard InChI is InChI=1S/C25H32ClN5O2/c1-7-8-11-27-19-12-17(25(3,4)5)13-20(15-19)28-24(32)23-16(2)31(30-29-23)21-14-18(26)9-10-22(21)33-6/h9-10,12-15,27H,7-8,11H2,1-6H3,(H,28,32). The molecule has 0 bridgehead atoms. The summed E-state index contributed by atoms with van der Waals surface area (Å²) in [6.07, 6.45) is 2.19. The van der Waals surface area contributed by atoms with Gasteiger partial charge in [0, 0.05) is 22.9 Å². The van der Waals surface area contributed by atoms with Crippen molar-refractivity contribution in [2.24, 2.45) is 0 Å². The predicted octanol–water partition coefficient (Wildman–Crippen LogP) is 6.00. The lowest BCUT2D eigenvalue weighted by molar-refractivity contribution is 0.102. The van der Waals surface area contributed by atoms with Crippen molar-refractivity contribution in [3.63, 3.8) is 0 Å². The van der Waals surface area contributed by atoms with E-state index in [4.69, 9.17) is 16.3 Å². The third-order valence-corrected chi connectivity index (χ3v) is 5.63. The number of nitrogens with one attached hydrogen (secondary N) is 2. The Hall–Kier alpha value is -3.06. The summed E-state index contributed by atoms with van der Waals surface area (Å²) < 4.78 is 6.98. The molecule has 0 atom stereocenters. The number of hydrogen-bond donors (Lipinski definition) is 2. The van der Waals surface area contributed by atoms with E-state index in [-0.39, 0.29) is 17.0 Å². The van der Waals surface area contributed by atoms with Gasteiger partial charge in [0.25, 0.3) is 5.91 Å². The van der Waals surface area contributed by atoms with Gasteiger partial charge in [0.1, 0.15) is 11.4 Å². The molecule has 0 fully saturated rings. The number of benzene rings is 2. The number of ether oxygens (including phenoxy) is 1. The van der Waals surface area contributed by atoms with Gasteiger partial charge in [-0.05, 0) is 60.7 Å². The Labute approximate surface area is 200 Å². The molecule has 2 N–H and O–H groups in total. The zero-order chi connectivity index (χ0) is 24.2. The van der Waals surface area contributed by atoms with Crippen LogP contribution in [0, 0.1) is 6.92 Å². The van der Waals surface area contributed by atoms with Gasteiger partial charge >= 0.3 is 0 Å². The number of anilines is 2. The molecule has 0 saturated heterocycles. The number of methoxy groups -OCH3 is 1. The topological polar surface area (TPSA) is 81.1 Å². The molecule has 0 radical (unpaired) electrons. The molecule has 0 spiro atoms. The normalized spacial score (nSPS) is 11.4. The molecule has 0 aliphatic rings. The second-order valence-electron chi connectivity index (χ2n) is 9.03. The third kappa shape index (κ3) is 5.85. The van der Waals surface area contributed by atoms with Gasteiger partial charge in [-0.3, -0.25) is 4.79 Å². The number of unbranched alkanes of at least 4 members (excludes halogenated alkanes) is 1. The van der Waals surface area contributed by atoms with E-state index in [1.54, 1.807) is 36.9 Å².